The molecule has 5 rings (SSSR count). The Morgan fingerprint density at radius 2 is 2.04 bits per heavy atom. The van der Waals surface area contributed by atoms with Crippen LogP contribution in [0.5, 0.6) is 0 Å². The third-order valence-electron chi connectivity index (χ3n) is 7.06. The maximum atomic E-state index is 13.2. The van der Waals surface area contributed by atoms with Crippen LogP contribution in [0.4, 0.5) is 0 Å². The van der Waals surface area contributed by atoms with Gasteiger partial charge < -0.3 is 0 Å². The first-order valence-electron chi connectivity index (χ1n) is 9.79. The van der Waals surface area contributed by atoms with Crippen LogP contribution in [0.1, 0.15) is 50.5 Å². The lowest BCUT2D eigenvalue weighted by Gasteiger charge is -2.38. The molecule has 128 valence electrons. The summed E-state index contributed by atoms with van der Waals surface area (Å²) in [6.07, 6.45) is 14.5. The second-order valence-electron chi connectivity index (χ2n) is 8.60. The zero-order valence-electron chi connectivity index (χ0n) is 14.7. The molecule has 0 aliphatic heterocycles. The highest BCUT2D eigenvalue weighted by Crippen LogP contribution is 2.59. The van der Waals surface area contributed by atoms with Gasteiger partial charge >= 0.3 is 0 Å². The molecule has 0 saturated heterocycles. The van der Waals surface area contributed by atoms with Gasteiger partial charge in [-0.3, -0.25) is 9.78 Å². The molecular weight excluding hydrogens is 306 g/mol. The van der Waals surface area contributed by atoms with Gasteiger partial charge in [0.1, 0.15) is 0 Å². The second kappa shape index (κ2) is 5.79. The molecule has 25 heavy (non-hydrogen) atoms. The highest BCUT2D eigenvalue weighted by Gasteiger charge is 2.52. The first kappa shape index (κ1) is 15.3. The van der Waals surface area contributed by atoms with E-state index in [1.165, 1.54) is 25.7 Å². The van der Waals surface area contributed by atoms with Gasteiger partial charge in [-0.1, -0.05) is 31.0 Å². The smallest absolute Gasteiger partial charge is 0.161 e. The van der Waals surface area contributed by atoms with E-state index >= 15 is 0 Å². The molecule has 3 saturated carbocycles. The van der Waals surface area contributed by atoms with Gasteiger partial charge in [0.15, 0.2) is 5.78 Å². The number of pyridine rings is 1. The zero-order valence-corrected chi connectivity index (χ0v) is 14.7. The average molecular weight is 331 g/mol. The number of para-hydroxylation sites is 1. The maximum Gasteiger partial charge on any atom is 0.161 e. The van der Waals surface area contributed by atoms with Gasteiger partial charge in [0.25, 0.3) is 0 Å². The summed E-state index contributed by atoms with van der Waals surface area (Å²) in [5.74, 6) is 2.92. The summed E-state index contributed by atoms with van der Waals surface area (Å²) in [6, 6.07) is 10.3. The molecule has 3 bridgehead atoms. The number of carbonyl (C=O) groups excluding carboxylic acids is 1. The number of allylic oxidation sites excluding steroid dienone is 1. The molecule has 4 unspecified atom stereocenters. The van der Waals surface area contributed by atoms with E-state index < -0.39 is 0 Å². The van der Waals surface area contributed by atoms with Crippen molar-refractivity contribution in [2.75, 3.05) is 0 Å². The van der Waals surface area contributed by atoms with Crippen LogP contribution in [0.2, 0.25) is 0 Å². The summed E-state index contributed by atoms with van der Waals surface area (Å²) in [7, 11) is 0. The predicted molar refractivity (Wildman–Crippen MR) is 101 cm³/mol. The highest BCUT2D eigenvalue weighted by atomic mass is 16.1. The molecule has 1 aromatic heterocycles. The summed E-state index contributed by atoms with van der Waals surface area (Å²) in [6.45, 7) is 0. The third kappa shape index (κ3) is 2.63. The first-order chi connectivity index (χ1) is 12.2. The van der Waals surface area contributed by atoms with Crippen LogP contribution in [-0.2, 0) is 4.79 Å². The number of carbonyl (C=O) groups is 1. The van der Waals surface area contributed by atoms with Crippen molar-refractivity contribution in [3.05, 3.63) is 48.2 Å². The predicted octanol–water partition coefficient (Wildman–Crippen LogP) is 5.42. The van der Waals surface area contributed by atoms with Crippen molar-refractivity contribution in [2.24, 2.45) is 23.2 Å². The molecular formula is C23H25NO. The molecule has 4 atom stereocenters. The van der Waals surface area contributed by atoms with Gasteiger partial charge in [0.05, 0.1) is 5.52 Å². The lowest BCUT2D eigenvalue weighted by Crippen LogP contribution is -2.35. The van der Waals surface area contributed by atoms with Gasteiger partial charge in [-0.15, -0.1) is 0 Å². The third-order valence-corrected chi connectivity index (χ3v) is 7.06. The van der Waals surface area contributed by atoms with Gasteiger partial charge in [0.2, 0.25) is 0 Å². The summed E-state index contributed by atoms with van der Waals surface area (Å²) in [5, 5.41) is 1.13. The van der Waals surface area contributed by atoms with Crippen molar-refractivity contribution in [3.63, 3.8) is 0 Å². The zero-order chi connectivity index (χ0) is 16.9. The van der Waals surface area contributed by atoms with Crippen LogP contribution in [0, 0.1) is 23.2 Å². The number of fused-ring (bicyclic) bond motifs is 3. The molecule has 3 aliphatic carbocycles. The fourth-order valence-electron chi connectivity index (χ4n) is 6.00. The van der Waals surface area contributed by atoms with E-state index in [4.69, 9.17) is 0 Å². The van der Waals surface area contributed by atoms with Gasteiger partial charge in [-0.2, -0.15) is 0 Å². The number of ketones is 1. The van der Waals surface area contributed by atoms with Crippen LogP contribution in [0.25, 0.3) is 17.0 Å². The molecule has 2 aromatic rings. The molecule has 2 heteroatoms. The van der Waals surface area contributed by atoms with E-state index in [0.717, 1.165) is 53.5 Å². The molecule has 3 aliphatic rings. The van der Waals surface area contributed by atoms with Crippen molar-refractivity contribution in [1.29, 1.82) is 0 Å². The Morgan fingerprint density at radius 1 is 1.16 bits per heavy atom. The molecule has 0 amide bonds. The first-order valence-corrected chi connectivity index (χ1v) is 9.79. The van der Waals surface area contributed by atoms with Gasteiger partial charge in [-0.25, -0.2) is 0 Å². The fourth-order valence-corrected chi connectivity index (χ4v) is 6.00. The number of benzene rings is 1. The minimum absolute atomic E-state index is 0.0559. The molecule has 0 radical (unpaired) electrons. The molecule has 0 spiro atoms. The van der Waals surface area contributed by atoms with Crippen molar-refractivity contribution in [3.8, 4) is 0 Å². The molecule has 3 fully saturated rings. The standard InChI is InChI=1S/C23H25NO/c25-22(8-7-16-10-19-4-1-2-6-21(19)24-15-16)23-9-3-5-18-11-17(13-23)12-20(18)14-23/h1-2,4,6-8,10,15,17-18,20H,3,5,9,11-14H2/b8-7+. The number of nitrogens with zero attached hydrogens (tertiary/aromatic N) is 1. The van der Waals surface area contributed by atoms with E-state index in [1.807, 2.05) is 36.5 Å². The minimum atomic E-state index is -0.0559. The van der Waals surface area contributed by atoms with Crippen LogP contribution < -0.4 is 0 Å². The van der Waals surface area contributed by atoms with Crippen molar-refractivity contribution in [2.45, 2.75) is 44.9 Å². The monoisotopic (exact) mass is 331 g/mol. The van der Waals surface area contributed by atoms with Crippen LogP contribution in [-0.4, -0.2) is 10.8 Å². The van der Waals surface area contributed by atoms with E-state index in [0.29, 0.717) is 5.78 Å². The van der Waals surface area contributed by atoms with E-state index in [2.05, 4.69) is 17.1 Å². The summed E-state index contributed by atoms with van der Waals surface area (Å²) in [5.41, 5.74) is 1.97. The SMILES string of the molecule is O=C(/C=C/c1cnc2ccccc2c1)C12CCCC3CC(CC3C1)C2. The quantitative estimate of drug-likeness (QED) is 0.703. The van der Waals surface area contributed by atoms with Crippen LogP contribution in [0.15, 0.2) is 42.6 Å². The fraction of sp³-hybridized carbons (Fsp3) is 0.478. The van der Waals surface area contributed by atoms with Crippen molar-refractivity contribution < 1.29 is 4.79 Å². The number of rotatable bonds is 3. The molecule has 1 aromatic carbocycles. The highest BCUT2D eigenvalue weighted by molar-refractivity contribution is 5.98. The van der Waals surface area contributed by atoms with E-state index in [9.17, 15) is 4.79 Å². The summed E-state index contributed by atoms with van der Waals surface area (Å²) < 4.78 is 0. The Balaban J connectivity index is 1.41. The average Bonchev–Trinajstić information content (AvgIpc) is 2.85. The minimum Gasteiger partial charge on any atom is -0.294 e. The van der Waals surface area contributed by atoms with E-state index in [-0.39, 0.29) is 5.41 Å². The van der Waals surface area contributed by atoms with Gasteiger partial charge in [0, 0.05) is 17.0 Å². The normalized spacial score (nSPS) is 33.8. The summed E-state index contributed by atoms with van der Waals surface area (Å²) in [4.78, 5) is 17.7. The number of aromatic nitrogens is 1. The lowest BCUT2D eigenvalue weighted by atomic mass is 9.65. The second-order valence-corrected chi connectivity index (χ2v) is 8.60. The Morgan fingerprint density at radius 3 is 3.00 bits per heavy atom. The molecule has 0 N–H and O–H groups in total. The Hall–Kier alpha value is -1.96. The Kier molecular flexibility index (Phi) is 3.55. The lowest BCUT2D eigenvalue weighted by molar-refractivity contribution is -0.127. The molecule has 1 heterocycles. The largest absolute Gasteiger partial charge is 0.294 e. The number of hydrogen-bond donors (Lipinski definition) is 0. The van der Waals surface area contributed by atoms with Gasteiger partial charge in [-0.05, 0) is 79.7 Å². The summed E-state index contributed by atoms with van der Waals surface area (Å²) >= 11 is 0. The number of hydrogen-bond acceptors (Lipinski definition) is 2. The van der Waals surface area contributed by atoms with Crippen LogP contribution in [0.3, 0.4) is 0 Å². The maximum absolute atomic E-state index is 13.2. The van der Waals surface area contributed by atoms with Crippen LogP contribution >= 0.6 is 0 Å². The topological polar surface area (TPSA) is 30.0 Å². The Bertz CT molecular complexity index is 854. The van der Waals surface area contributed by atoms with Crippen molar-refractivity contribution >= 4 is 22.8 Å². The Labute approximate surface area is 149 Å². The van der Waals surface area contributed by atoms with E-state index in [1.54, 1.807) is 0 Å². The van der Waals surface area contributed by atoms with Crippen molar-refractivity contribution in [1.82, 2.24) is 4.98 Å². The molecule has 2 nitrogen and oxygen atoms in total.